The van der Waals surface area contributed by atoms with Crippen molar-refractivity contribution >= 4 is 11.5 Å². The van der Waals surface area contributed by atoms with E-state index >= 15 is 0 Å². The molecule has 5 heteroatoms. The number of nitrogens with zero attached hydrogens (tertiary/aromatic N) is 1. The van der Waals surface area contributed by atoms with Crippen molar-refractivity contribution in [3.05, 3.63) is 53.6 Å². The van der Waals surface area contributed by atoms with Gasteiger partial charge in [0.25, 0.3) is 0 Å². The molecule has 0 bridgehead atoms. The van der Waals surface area contributed by atoms with Crippen molar-refractivity contribution in [2.45, 2.75) is 13.3 Å². The number of carbonyl (C=O) groups excluding carboxylic acids is 1. The van der Waals surface area contributed by atoms with Crippen molar-refractivity contribution in [1.82, 2.24) is 4.98 Å². The summed E-state index contributed by atoms with van der Waals surface area (Å²) in [5.74, 6) is -0.377. The van der Waals surface area contributed by atoms with Gasteiger partial charge in [-0.3, -0.25) is 9.78 Å². The zero-order valence-electron chi connectivity index (χ0n) is 11.1. The van der Waals surface area contributed by atoms with Gasteiger partial charge in [-0.2, -0.15) is 0 Å². The second kappa shape index (κ2) is 6.14. The molecule has 0 saturated carbocycles. The molecule has 20 heavy (non-hydrogen) atoms. The normalized spacial score (nSPS) is 10.3. The molecule has 0 saturated heterocycles. The highest BCUT2D eigenvalue weighted by atomic mass is 19.1. The maximum Gasteiger partial charge on any atom is 0.196 e. The maximum atomic E-state index is 13.2. The van der Waals surface area contributed by atoms with Gasteiger partial charge in [-0.25, -0.2) is 4.39 Å². The minimum atomic E-state index is -0.506. The van der Waals surface area contributed by atoms with Gasteiger partial charge < -0.3 is 10.5 Å². The number of anilines is 1. The number of ether oxygens (including phenoxy) is 1. The van der Waals surface area contributed by atoms with E-state index in [-0.39, 0.29) is 17.0 Å². The molecule has 0 atom stereocenters. The third-order valence-corrected chi connectivity index (χ3v) is 2.71. The number of aromatic nitrogens is 1. The molecule has 0 aliphatic rings. The number of nitrogen functional groups attached to an aromatic ring is 1. The van der Waals surface area contributed by atoms with Crippen LogP contribution >= 0.6 is 0 Å². The molecule has 0 spiro atoms. The van der Waals surface area contributed by atoms with Crippen molar-refractivity contribution < 1.29 is 13.9 Å². The summed E-state index contributed by atoms with van der Waals surface area (Å²) in [7, 11) is 0. The molecular weight excluding hydrogens is 259 g/mol. The molecule has 0 amide bonds. The van der Waals surface area contributed by atoms with Crippen LogP contribution < -0.4 is 10.5 Å². The molecule has 4 nitrogen and oxygen atoms in total. The lowest BCUT2D eigenvalue weighted by Crippen LogP contribution is -2.07. The van der Waals surface area contributed by atoms with E-state index in [2.05, 4.69) is 4.98 Å². The van der Waals surface area contributed by atoms with Gasteiger partial charge in [-0.15, -0.1) is 0 Å². The van der Waals surface area contributed by atoms with E-state index < -0.39 is 5.82 Å². The van der Waals surface area contributed by atoms with Crippen LogP contribution in [0.2, 0.25) is 0 Å². The zero-order valence-corrected chi connectivity index (χ0v) is 11.1. The molecular formula is C15H15FN2O2. The average Bonchev–Trinajstić information content (AvgIpc) is 2.47. The quantitative estimate of drug-likeness (QED) is 0.672. The number of pyridine rings is 1. The Morgan fingerprint density at radius 2 is 2.15 bits per heavy atom. The average molecular weight is 274 g/mol. The number of rotatable bonds is 5. The minimum absolute atomic E-state index is 0.124. The number of halogens is 1. The predicted octanol–water partition coefficient (Wildman–Crippen LogP) is 2.82. The molecule has 1 heterocycles. The highest BCUT2D eigenvalue weighted by Crippen LogP contribution is 2.20. The number of hydrogen-bond donors (Lipinski definition) is 1. The highest BCUT2D eigenvalue weighted by molar-refractivity contribution is 6.12. The Hall–Kier alpha value is -2.43. The minimum Gasteiger partial charge on any atom is -0.492 e. The van der Waals surface area contributed by atoms with Crippen molar-refractivity contribution in [3.63, 3.8) is 0 Å². The van der Waals surface area contributed by atoms with E-state index in [0.717, 1.165) is 12.5 Å². The molecule has 2 rings (SSSR count). The summed E-state index contributed by atoms with van der Waals surface area (Å²) in [5.41, 5.74) is 6.38. The van der Waals surface area contributed by atoms with Crippen molar-refractivity contribution in [3.8, 4) is 5.75 Å². The Balaban J connectivity index is 2.31. The van der Waals surface area contributed by atoms with Crippen molar-refractivity contribution in [1.29, 1.82) is 0 Å². The van der Waals surface area contributed by atoms with Crippen LogP contribution in [0.4, 0.5) is 10.1 Å². The van der Waals surface area contributed by atoms with Gasteiger partial charge in [0.1, 0.15) is 11.6 Å². The smallest absolute Gasteiger partial charge is 0.196 e. The second-order valence-corrected chi connectivity index (χ2v) is 4.32. The Kier molecular flexibility index (Phi) is 4.30. The SMILES string of the molecule is CCCOc1cncc(C(=O)c2cc(F)ccc2N)c1. The summed E-state index contributed by atoms with van der Waals surface area (Å²) in [6.45, 7) is 2.53. The molecule has 1 aromatic heterocycles. The molecule has 104 valence electrons. The first-order valence-electron chi connectivity index (χ1n) is 6.29. The lowest BCUT2D eigenvalue weighted by molar-refractivity contribution is 0.103. The van der Waals surface area contributed by atoms with Crippen LogP contribution in [0.25, 0.3) is 0 Å². The van der Waals surface area contributed by atoms with Gasteiger partial charge in [0.2, 0.25) is 0 Å². The van der Waals surface area contributed by atoms with E-state index in [4.69, 9.17) is 10.5 Å². The van der Waals surface area contributed by atoms with Crippen molar-refractivity contribution in [2.24, 2.45) is 0 Å². The largest absolute Gasteiger partial charge is 0.492 e. The standard InChI is InChI=1S/C15H15FN2O2/c1-2-5-20-12-6-10(8-18-9-12)15(19)13-7-11(16)3-4-14(13)17/h3-4,6-9H,2,5,17H2,1H3. The van der Waals surface area contributed by atoms with Crippen LogP contribution in [0.5, 0.6) is 5.75 Å². The molecule has 2 aromatic rings. The molecule has 0 fully saturated rings. The molecule has 2 N–H and O–H groups in total. The summed E-state index contributed by atoms with van der Waals surface area (Å²) in [5, 5.41) is 0. The molecule has 1 aromatic carbocycles. The summed E-state index contributed by atoms with van der Waals surface area (Å²) in [6, 6.07) is 5.28. The van der Waals surface area contributed by atoms with Crippen LogP contribution in [0, 0.1) is 5.82 Å². The summed E-state index contributed by atoms with van der Waals surface area (Å²) < 4.78 is 18.6. The molecule has 0 aliphatic carbocycles. The molecule has 0 aliphatic heterocycles. The first-order chi connectivity index (χ1) is 9.61. The third-order valence-electron chi connectivity index (χ3n) is 2.71. The van der Waals surface area contributed by atoms with Crippen LogP contribution in [-0.4, -0.2) is 17.4 Å². The van der Waals surface area contributed by atoms with Gasteiger partial charge in [0.05, 0.1) is 12.8 Å². The fourth-order valence-electron chi connectivity index (χ4n) is 1.72. The Labute approximate surface area is 116 Å². The number of hydrogen-bond acceptors (Lipinski definition) is 4. The van der Waals surface area contributed by atoms with Crippen molar-refractivity contribution in [2.75, 3.05) is 12.3 Å². The van der Waals surface area contributed by atoms with Crippen LogP contribution in [0.3, 0.4) is 0 Å². The van der Waals surface area contributed by atoms with Gasteiger partial charge in [0, 0.05) is 23.0 Å². The highest BCUT2D eigenvalue weighted by Gasteiger charge is 2.14. The zero-order chi connectivity index (χ0) is 14.5. The second-order valence-electron chi connectivity index (χ2n) is 4.32. The van der Waals surface area contributed by atoms with Crippen LogP contribution in [0.1, 0.15) is 29.3 Å². The maximum absolute atomic E-state index is 13.2. The predicted molar refractivity (Wildman–Crippen MR) is 74.3 cm³/mol. The fraction of sp³-hybridized carbons (Fsp3) is 0.200. The van der Waals surface area contributed by atoms with Crippen LogP contribution in [0.15, 0.2) is 36.7 Å². The topological polar surface area (TPSA) is 65.2 Å². The van der Waals surface area contributed by atoms with E-state index in [0.29, 0.717) is 17.9 Å². The van der Waals surface area contributed by atoms with Gasteiger partial charge in [-0.05, 0) is 30.7 Å². The van der Waals surface area contributed by atoms with Crippen LogP contribution in [-0.2, 0) is 0 Å². The number of ketones is 1. The van der Waals surface area contributed by atoms with E-state index in [1.807, 2.05) is 6.92 Å². The first-order valence-corrected chi connectivity index (χ1v) is 6.29. The number of nitrogens with two attached hydrogens (primary N) is 1. The third kappa shape index (κ3) is 3.12. The molecule has 0 radical (unpaired) electrons. The Morgan fingerprint density at radius 3 is 2.90 bits per heavy atom. The Morgan fingerprint density at radius 1 is 1.35 bits per heavy atom. The summed E-state index contributed by atoms with van der Waals surface area (Å²) in [4.78, 5) is 16.3. The summed E-state index contributed by atoms with van der Waals surface area (Å²) in [6.07, 6.45) is 3.79. The van der Waals surface area contributed by atoms with E-state index in [9.17, 15) is 9.18 Å². The lowest BCUT2D eigenvalue weighted by Gasteiger charge is -2.07. The van der Waals surface area contributed by atoms with E-state index in [1.165, 1.54) is 24.5 Å². The monoisotopic (exact) mass is 274 g/mol. The fourth-order valence-corrected chi connectivity index (χ4v) is 1.72. The van der Waals surface area contributed by atoms with Gasteiger partial charge in [-0.1, -0.05) is 6.92 Å². The van der Waals surface area contributed by atoms with E-state index in [1.54, 1.807) is 6.07 Å². The molecule has 0 unspecified atom stereocenters. The first kappa shape index (κ1) is 14.0. The summed E-state index contributed by atoms with van der Waals surface area (Å²) >= 11 is 0. The van der Waals surface area contributed by atoms with Gasteiger partial charge >= 0.3 is 0 Å². The lowest BCUT2D eigenvalue weighted by atomic mass is 10.0. The number of carbonyl (C=O) groups is 1. The number of benzene rings is 1. The van der Waals surface area contributed by atoms with Gasteiger partial charge in [0.15, 0.2) is 5.78 Å². The Bertz CT molecular complexity index is 629.